The Balaban J connectivity index is 1.38. The molecule has 7 rings (SSSR count). The monoisotopic (exact) mass is 697 g/mol. The largest absolute Gasteiger partial charge is 0.507 e. The van der Waals surface area contributed by atoms with Gasteiger partial charge in [-0.3, -0.25) is 19.4 Å². The number of pyridine rings is 1. The fourth-order valence-corrected chi connectivity index (χ4v) is 7.83. The van der Waals surface area contributed by atoms with Gasteiger partial charge in [-0.15, -0.1) is 0 Å². The van der Waals surface area contributed by atoms with E-state index in [2.05, 4.69) is 10.3 Å². The minimum absolute atomic E-state index is 0.0830. The second-order valence-electron chi connectivity index (χ2n) is 13.2. The van der Waals surface area contributed by atoms with Gasteiger partial charge in [0.1, 0.15) is 11.9 Å². The lowest BCUT2D eigenvalue weighted by molar-refractivity contribution is -0.146. The fraction of sp³-hybridized carbons (Fsp3) is 0.395. The van der Waals surface area contributed by atoms with Crippen LogP contribution >= 0.6 is 0 Å². The molecule has 2 aliphatic heterocycles. The van der Waals surface area contributed by atoms with Crippen LogP contribution in [0.15, 0.2) is 64.5 Å². The third-order valence-electron chi connectivity index (χ3n) is 10.0. The second-order valence-corrected chi connectivity index (χ2v) is 13.2. The maximum Gasteiger partial charge on any atom is 0.331 e. The van der Waals surface area contributed by atoms with Crippen LogP contribution in [0, 0.1) is 18.8 Å². The Morgan fingerprint density at radius 1 is 1.18 bits per heavy atom. The maximum absolute atomic E-state index is 14.3. The molecule has 0 saturated carbocycles. The lowest BCUT2D eigenvalue weighted by atomic mass is 9.60. The number of benzene rings is 1. The number of H-pyrrole nitrogens is 1. The number of ether oxygens (including phenoxy) is 4. The summed E-state index contributed by atoms with van der Waals surface area (Å²) in [6.45, 7) is 4.25. The average Bonchev–Trinajstić information content (AvgIpc) is 3.10. The van der Waals surface area contributed by atoms with Crippen LogP contribution in [-0.2, 0) is 19.9 Å². The molecule has 5 aliphatic rings. The van der Waals surface area contributed by atoms with Gasteiger partial charge in [0.2, 0.25) is 5.78 Å². The van der Waals surface area contributed by atoms with Crippen molar-refractivity contribution < 1.29 is 43.5 Å². The zero-order valence-electron chi connectivity index (χ0n) is 28.4. The van der Waals surface area contributed by atoms with Crippen LogP contribution < -0.4 is 20.3 Å². The molecule has 4 N–H and O–H groups in total. The highest BCUT2D eigenvalue weighted by atomic mass is 16.7. The molecule has 3 heterocycles. The van der Waals surface area contributed by atoms with E-state index >= 15 is 0 Å². The smallest absolute Gasteiger partial charge is 0.331 e. The van der Waals surface area contributed by atoms with E-state index in [4.69, 9.17) is 23.9 Å². The number of allylic oxidation sites excluding steroid dienone is 6. The van der Waals surface area contributed by atoms with E-state index in [1.54, 1.807) is 31.2 Å². The topological polar surface area (TPSA) is 186 Å². The number of aromatic amines is 1. The Bertz CT molecular complexity index is 2020. The number of phenolic OH excluding ortho intramolecular Hbond substituents is 1. The first kappa shape index (κ1) is 34.3. The third-order valence-corrected chi connectivity index (χ3v) is 10.0. The summed E-state index contributed by atoms with van der Waals surface area (Å²) in [6, 6.07) is 1.43. The second kappa shape index (κ2) is 13.5. The standard InChI is InChI=1S/C38H39N3O10/c1-4-5-6-7-8-13-25(42)50-23-12-9-11-20-30(40-15-10-14-39-3)28-32(44)29-27-24(48-18-49-34(27)35(28)51-33(20)23)17-22-31(43)21-16-19(2)41-37(46)26(21)36(45)38(22,29)47/h4-9,12-13,16,20,22-24,33,39,44,47H,10-11,14-15,17-18H2,1-3H3,(H,41,46)/b5-4+,7-6+,13-8+,40-30?/t20-,22+,23+,24+,33-,38+/m0/s1. The van der Waals surface area contributed by atoms with Crippen molar-refractivity contribution in [3.05, 3.63) is 98.5 Å². The normalized spacial score (nSPS) is 28.2. The van der Waals surface area contributed by atoms with Crippen LogP contribution in [0.3, 0.4) is 0 Å². The number of aromatic hydroxyl groups is 1. The van der Waals surface area contributed by atoms with E-state index in [9.17, 15) is 29.4 Å². The lowest BCUT2D eigenvalue weighted by Crippen LogP contribution is -2.56. The van der Waals surface area contributed by atoms with Crippen LogP contribution in [0.25, 0.3) is 0 Å². The van der Waals surface area contributed by atoms with Gasteiger partial charge in [0.15, 0.2) is 35.8 Å². The van der Waals surface area contributed by atoms with Crippen LogP contribution in [0.5, 0.6) is 17.2 Å². The van der Waals surface area contributed by atoms with E-state index in [-0.39, 0.29) is 47.0 Å². The zero-order chi connectivity index (χ0) is 36.0. The summed E-state index contributed by atoms with van der Waals surface area (Å²) in [5.41, 5.74) is -3.22. The van der Waals surface area contributed by atoms with Crippen LogP contribution in [0.4, 0.5) is 0 Å². The molecule has 0 spiro atoms. The molecule has 0 unspecified atom stereocenters. The molecule has 3 aliphatic carbocycles. The molecule has 0 bridgehead atoms. The summed E-state index contributed by atoms with van der Waals surface area (Å²) in [5, 5.41) is 27.9. The Hall–Kier alpha value is -5.11. The number of aromatic nitrogens is 1. The van der Waals surface area contributed by atoms with Gasteiger partial charge in [0.05, 0.1) is 28.9 Å². The zero-order valence-corrected chi connectivity index (χ0v) is 28.4. The summed E-state index contributed by atoms with van der Waals surface area (Å²) >= 11 is 0. The number of hydrogen-bond donors (Lipinski definition) is 4. The molecule has 0 saturated heterocycles. The van der Waals surface area contributed by atoms with Gasteiger partial charge in [0, 0.05) is 40.9 Å². The first-order valence-electron chi connectivity index (χ1n) is 17.0. The van der Waals surface area contributed by atoms with Crippen molar-refractivity contribution >= 4 is 23.2 Å². The predicted molar refractivity (Wildman–Crippen MR) is 184 cm³/mol. The van der Waals surface area contributed by atoms with Gasteiger partial charge in [-0.2, -0.15) is 0 Å². The molecule has 51 heavy (non-hydrogen) atoms. The summed E-state index contributed by atoms with van der Waals surface area (Å²) in [6.07, 6.45) is 12.1. The van der Waals surface area contributed by atoms with Crippen molar-refractivity contribution in [2.75, 3.05) is 26.9 Å². The Morgan fingerprint density at radius 3 is 2.76 bits per heavy atom. The van der Waals surface area contributed by atoms with Gasteiger partial charge in [-0.25, -0.2) is 4.79 Å². The molecule has 13 heteroatoms. The highest BCUT2D eigenvalue weighted by Gasteiger charge is 2.63. The molecule has 1 aromatic heterocycles. The van der Waals surface area contributed by atoms with Crippen molar-refractivity contribution in [3.63, 3.8) is 0 Å². The third kappa shape index (κ3) is 5.56. The fourth-order valence-electron chi connectivity index (χ4n) is 7.83. The number of phenols is 1. The van der Waals surface area contributed by atoms with Gasteiger partial charge in [-0.1, -0.05) is 36.5 Å². The number of aliphatic imine (C=N–C) groups is 1. The van der Waals surface area contributed by atoms with E-state index in [1.807, 2.05) is 32.2 Å². The molecule has 0 amide bonds. The number of nitrogens with one attached hydrogen (secondary N) is 2. The molecular weight excluding hydrogens is 658 g/mol. The number of carbonyl (C=O) groups excluding carboxylic acids is 3. The molecule has 0 radical (unpaired) electrons. The quantitative estimate of drug-likeness (QED) is 0.104. The molecule has 1 aromatic carbocycles. The lowest BCUT2D eigenvalue weighted by Gasteiger charge is -2.48. The Labute approximate surface area is 293 Å². The Kier molecular flexibility index (Phi) is 9.12. The van der Waals surface area contributed by atoms with Gasteiger partial charge in [0.25, 0.3) is 5.56 Å². The van der Waals surface area contributed by atoms with Crippen molar-refractivity contribution in [3.8, 4) is 17.2 Å². The van der Waals surface area contributed by atoms with Crippen LogP contribution in [0.2, 0.25) is 0 Å². The molecule has 13 nitrogen and oxygen atoms in total. The van der Waals surface area contributed by atoms with E-state index in [0.717, 1.165) is 0 Å². The molecule has 2 aromatic rings. The number of nitrogens with zero attached hydrogens (tertiary/aromatic N) is 1. The predicted octanol–water partition coefficient (Wildman–Crippen LogP) is 3.42. The van der Waals surface area contributed by atoms with Gasteiger partial charge in [-0.05, 0) is 58.8 Å². The first-order valence-corrected chi connectivity index (χ1v) is 17.0. The number of ketones is 2. The van der Waals surface area contributed by atoms with Crippen molar-refractivity contribution in [2.45, 2.75) is 57.0 Å². The minimum Gasteiger partial charge on any atom is -0.507 e. The van der Waals surface area contributed by atoms with Gasteiger partial charge < -0.3 is 39.5 Å². The number of hydrogen-bond acceptors (Lipinski definition) is 12. The number of esters is 1. The van der Waals surface area contributed by atoms with Crippen LogP contribution in [0.1, 0.15) is 75.4 Å². The van der Waals surface area contributed by atoms with E-state index in [0.29, 0.717) is 37.3 Å². The average molecular weight is 698 g/mol. The number of Topliss-reactive ketones (excluding diaryl/α,β-unsaturated/α-hetero) is 2. The number of carbonyl (C=O) groups is 3. The summed E-state index contributed by atoms with van der Waals surface area (Å²) < 4.78 is 24.5. The molecule has 6 atom stereocenters. The molecular formula is C38H39N3O10. The van der Waals surface area contributed by atoms with E-state index in [1.165, 1.54) is 12.1 Å². The first-order chi connectivity index (χ1) is 24.6. The van der Waals surface area contributed by atoms with Gasteiger partial charge >= 0.3 is 5.97 Å². The summed E-state index contributed by atoms with van der Waals surface area (Å²) in [4.78, 5) is 61.9. The maximum atomic E-state index is 14.3. The van der Waals surface area contributed by atoms with Crippen molar-refractivity contribution in [1.82, 2.24) is 10.3 Å². The molecule has 0 fully saturated rings. The van der Waals surface area contributed by atoms with Crippen molar-refractivity contribution in [1.29, 1.82) is 0 Å². The van der Waals surface area contributed by atoms with Crippen molar-refractivity contribution in [2.24, 2.45) is 16.8 Å². The number of rotatable bonds is 8. The number of aliphatic hydroxyl groups is 1. The number of fused-ring (bicyclic) bond motifs is 6. The highest BCUT2D eigenvalue weighted by Crippen LogP contribution is 2.62. The Morgan fingerprint density at radius 2 is 1.98 bits per heavy atom. The minimum atomic E-state index is -2.62. The molecule has 266 valence electrons. The van der Waals surface area contributed by atoms with Crippen LogP contribution in [-0.4, -0.2) is 77.6 Å². The number of aryl methyl sites for hydroxylation is 1. The summed E-state index contributed by atoms with van der Waals surface area (Å²) in [5.74, 6) is -4.39. The van der Waals surface area contributed by atoms with E-state index < -0.39 is 70.2 Å². The SMILES string of the molecule is C/C=C/C=C/C=C/C(=O)O[C@@H]1C=CC[C@H]2C(=NCCCNC)c3c(O)c4c5c(c3O[C@H]12)OCO[C@@H]5C[C@@H]1C(=O)c2cc(C)[nH]c(=O)c2C(=O)[C@]41O. The summed E-state index contributed by atoms with van der Waals surface area (Å²) in [7, 11) is 1.82. The highest BCUT2D eigenvalue weighted by molar-refractivity contribution is 6.20.